The van der Waals surface area contributed by atoms with Crippen LogP contribution in [-0.4, -0.2) is 9.78 Å². The number of thiophene rings is 1. The van der Waals surface area contributed by atoms with E-state index in [9.17, 15) is 0 Å². The van der Waals surface area contributed by atoms with Crippen molar-refractivity contribution < 1.29 is 0 Å². The van der Waals surface area contributed by atoms with E-state index in [1.165, 1.54) is 22.5 Å². The Morgan fingerprint density at radius 1 is 1.38 bits per heavy atom. The summed E-state index contributed by atoms with van der Waals surface area (Å²) in [7, 11) is 1.97. The zero-order valence-electron chi connectivity index (χ0n) is 10.1. The number of hydrogen-bond donors (Lipinski definition) is 1. The van der Waals surface area contributed by atoms with Gasteiger partial charge in [-0.25, -0.2) is 0 Å². The standard InChI is InChI=1S/C12H17N3S/c1-8-6-16-7-12(8)14-9(2)11-5-13-15(4)10(11)3/h5-7,9,14H,1-4H3. The van der Waals surface area contributed by atoms with Gasteiger partial charge in [0.25, 0.3) is 0 Å². The van der Waals surface area contributed by atoms with Crippen molar-refractivity contribution in [3.63, 3.8) is 0 Å². The van der Waals surface area contributed by atoms with E-state index >= 15 is 0 Å². The Morgan fingerprint density at radius 3 is 2.62 bits per heavy atom. The van der Waals surface area contributed by atoms with Crippen LogP contribution >= 0.6 is 11.3 Å². The summed E-state index contributed by atoms with van der Waals surface area (Å²) in [6.07, 6.45) is 1.94. The molecule has 0 saturated heterocycles. The number of aromatic nitrogens is 2. The SMILES string of the molecule is Cc1cscc1NC(C)c1cnn(C)c1C. The van der Waals surface area contributed by atoms with Gasteiger partial charge in [0.05, 0.1) is 12.2 Å². The lowest BCUT2D eigenvalue weighted by Gasteiger charge is -2.14. The second-order valence-corrected chi connectivity index (χ2v) is 4.89. The lowest BCUT2D eigenvalue weighted by molar-refractivity contribution is 0.734. The van der Waals surface area contributed by atoms with Gasteiger partial charge in [0.15, 0.2) is 0 Å². The number of hydrogen-bond acceptors (Lipinski definition) is 3. The van der Waals surface area contributed by atoms with Crippen LogP contribution in [-0.2, 0) is 7.05 Å². The molecule has 0 spiro atoms. The average Bonchev–Trinajstić information content (AvgIpc) is 2.77. The van der Waals surface area contributed by atoms with E-state index in [1.54, 1.807) is 11.3 Å². The molecule has 0 saturated carbocycles. The molecule has 2 rings (SSSR count). The predicted molar refractivity (Wildman–Crippen MR) is 69.0 cm³/mol. The normalized spacial score (nSPS) is 12.8. The monoisotopic (exact) mass is 235 g/mol. The van der Waals surface area contributed by atoms with Gasteiger partial charge in [0.1, 0.15) is 0 Å². The lowest BCUT2D eigenvalue weighted by Crippen LogP contribution is -2.07. The fourth-order valence-electron chi connectivity index (χ4n) is 1.76. The topological polar surface area (TPSA) is 29.9 Å². The van der Waals surface area contributed by atoms with Gasteiger partial charge in [-0.2, -0.15) is 5.10 Å². The number of anilines is 1. The molecule has 0 fully saturated rings. The zero-order chi connectivity index (χ0) is 11.7. The van der Waals surface area contributed by atoms with E-state index in [0.29, 0.717) is 6.04 Å². The first-order chi connectivity index (χ1) is 7.59. The molecule has 16 heavy (non-hydrogen) atoms. The summed E-state index contributed by atoms with van der Waals surface area (Å²) < 4.78 is 1.91. The molecule has 0 amide bonds. The molecule has 2 aromatic rings. The Bertz CT molecular complexity index is 484. The summed E-state index contributed by atoms with van der Waals surface area (Å²) in [6.45, 7) is 6.39. The maximum absolute atomic E-state index is 4.27. The van der Waals surface area contributed by atoms with Crippen LogP contribution in [0.15, 0.2) is 17.0 Å². The molecule has 1 atom stereocenters. The minimum absolute atomic E-state index is 0.294. The highest BCUT2D eigenvalue weighted by molar-refractivity contribution is 7.08. The summed E-state index contributed by atoms with van der Waals surface area (Å²) in [5.41, 5.74) is 5.00. The smallest absolute Gasteiger partial charge is 0.0545 e. The molecule has 0 aliphatic heterocycles. The summed E-state index contributed by atoms with van der Waals surface area (Å²) in [5.74, 6) is 0. The van der Waals surface area contributed by atoms with Gasteiger partial charge in [0.2, 0.25) is 0 Å². The van der Waals surface area contributed by atoms with E-state index < -0.39 is 0 Å². The van der Waals surface area contributed by atoms with Crippen molar-refractivity contribution >= 4 is 17.0 Å². The molecule has 0 bridgehead atoms. The maximum Gasteiger partial charge on any atom is 0.0545 e. The Labute approximate surface area is 100 Å². The third-order valence-electron chi connectivity index (χ3n) is 2.97. The average molecular weight is 235 g/mol. The molecule has 2 aromatic heterocycles. The Hall–Kier alpha value is -1.29. The minimum Gasteiger partial charge on any atom is -0.378 e. The Balaban J connectivity index is 2.18. The van der Waals surface area contributed by atoms with Crippen LogP contribution in [0.25, 0.3) is 0 Å². The van der Waals surface area contributed by atoms with Crippen molar-refractivity contribution in [1.29, 1.82) is 0 Å². The highest BCUT2D eigenvalue weighted by atomic mass is 32.1. The minimum atomic E-state index is 0.294. The first-order valence-corrected chi connectivity index (χ1v) is 6.31. The highest BCUT2D eigenvalue weighted by Crippen LogP contribution is 2.26. The summed E-state index contributed by atoms with van der Waals surface area (Å²) >= 11 is 1.73. The van der Waals surface area contributed by atoms with Crippen molar-refractivity contribution in [2.24, 2.45) is 7.05 Å². The zero-order valence-corrected chi connectivity index (χ0v) is 10.9. The third-order valence-corrected chi connectivity index (χ3v) is 3.83. The van der Waals surface area contributed by atoms with Gasteiger partial charge in [-0.05, 0) is 31.7 Å². The van der Waals surface area contributed by atoms with E-state index in [1.807, 2.05) is 17.9 Å². The van der Waals surface area contributed by atoms with Crippen LogP contribution in [0.2, 0.25) is 0 Å². The van der Waals surface area contributed by atoms with Crippen LogP contribution < -0.4 is 5.32 Å². The van der Waals surface area contributed by atoms with Crippen molar-refractivity contribution in [1.82, 2.24) is 9.78 Å². The van der Waals surface area contributed by atoms with Gasteiger partial charge in [-0.1, -0.05) is 0 Å². The molecule has 0 aliphatic rings. The quantitative estimate of drug-likeness (QED) is 0.885. The fourth-order valence-corrected chi connectivity index (χ4v) is 2.55. The summed E-state index contributed by atoms with van der Waals surface area (Å²) in [5, 5.41) is 12.1. The molecule has 0 aliphatic carbocycles. The van der Waals surface area contributed by atoms with Gasteiger partial charge < -0.3 is 5.32 Å². The van der Waals surface area contributed by atoms with E-state index in [2.05, 4.69) is 41.9 Å². The summed E-state index contributed by atoms with van der Waals surface area (Å²) in [4.78, 5) is 0. The second kappa shape index (κ2) is 4.29. The first-order valence-electron chi connectivity index (χ1n) is 5.37. The van der Waals surface area contributed by atoms with Crippen LogP contribution in [0.5, 0.6) is 0 Å². The molecule has 3 nitrogen and oxygen atoms in total. The van der Waals surface area contributed by atoms with Crippen LogP contribution in [0.1, 0.15) is 29.8 Å². The number of nitrogens with one attached hydrogen (secondary N) is 1. The molecular weight excluding hydrogens is 218 g/mol. The van der Waals surface area contributed by atoms with Crippen LogP contribution in [0.3, 0.4) is 0 Å². The third kappa shape index (κ3) is 1.97. The van der Waals surface area contributed by atoms with Crippen molar-refractivity contribution in [3.05, 3.63) is 33.8 Å². The van der Waals surface area contributed by atoms with Crippen molar-refractivity contribution in [2.75, 3.05) is 5.32 Å². The maximum atomic E-state index is 4.27. The second-order valence-electron chi connectivity index (χ2n) is 4.14. The van der Waals surface area contributed by atoms with Gasteiger partial charge in [0, 0.05) is 29.4 Å². The van der Waals surface area contributed by atoms with Crippen molar-refractivity contribution in [2.45, 2.75) is 26.8 Å². The number of nitrogens with zero attached hydrogens (tertiary/aromatic N) is 2. The largest absolute Gasteiger partial charge is 0.378 e. The molecular formula is C12H17N3S. The molecule has 4 heteroatoms. The van der Waals surface area contributed by atoms with Crippen LogP contribution in [0, 0.1) is 13.8 Å². The Morgan fingerprint density at radius 2 is 2.12 bits per heavy atom. The summed E-state index contributed by atoms with van der Waals surface area (Å²) in [6, 6.07) is 0.294. The molecule has 1 unspecified atom stereocenters. The van der Waals surface area contributed by atoms with Gasteiger partial charge >= 0.3 is 0 Å². The molecule has 2 heterocycles. The van der Waals surface area contributed by atoms with Gasteiger partial charge in [-0.3, -0.25) is 4.68 Å². The van der Waals surface area contributed by atoms with Crippen molar-refractivity contribution in [3.8, 4) is 0 Å². The van der Waals surface area contributed by atoms with E-state index in [-0.39, 0.29) is 0 Å². The van der Waals surface area contributed by atoms with Crippen LogP contribution in [0.4, 0.5) is 5.69 Å². The van der Waals surface area contributed by atoms with E-state index in [4.69, 9.17) is 0 Å². The predicted octanol–water partition coefficient (Wildman–Crippen LogP) is 3.27. The van der Waals surface area contributed by atoms with Gasteiger partial charge in [-0.15, -0.1) is 11.3 Å². The molecule has 86 valence electrons. The van der Waals surface area contributed by atoms with E-state index in [0.717, 1.165) is 0 Å². The highest BCUT2D eigenvalue weighted by Gasteiger charge is 2.12. The first kappa shape index (κ1) is 11.2. The lowest BCUT2D eigenvalue weighted by atomic mass is 10.1. The molecule has 0 aromatic carbocycles. The number of rotatable bonds is 3. The number of aryl methyl sites for hydroxylation is 2. The Kier molecular flexibility index (Phi) is 3.01. The fraction of sp³-hybridized carbons (Fsp3) is 0.417. The molecule has 0 radical (unpaired) electrons. The molecule has 1 N–H and O–H groups in total.